The van der Waals surface area contributed by atoms with Crippen molar-refractivity contribution in [2.45, 2.75) is 45.2 Å². The van der Waals surface area contributed by atoms with Crippen LogP contribution in [0.5, 0.6) is 0 Å². The molecule has 1 N–H and O–H groups in total. The average Bonchev–Trinajstić information content (AvgIpc) is 3.22. The smallest absolute Gasteiger partial charge is 0.320 e. The van der Waals surface area contributed by atoms with E-state index in [1.54, 1.807) is 18.3 Å². The van der Waals surface area contributed by atoms with Gasteiger partial charge in [0.1, 0.15) is 0 Å². The van der Waals surface area contributed by atoms with Gasteiger partial charge in [-0.25, -0.2) is 14.8 Å². The predicted molar refractivity (Wildman–Crippen MR) is 106 cm³/mol. The summed E-state index contributed by atoms with van der Waals surface area (Å²) in [6.07, 6.45) is 5.75. The number of amides is 2. The zero-order valence-corrected chi connectivity index (χ0v) is 16.1. The molecule has 1 aromatic carbocycles. The minimum Gasteiger partial charge on any atom is -0.324 e. The number of nitrogens with one attached hydrogen (secondary N) is 1. The van der Waals surface area contributed by atoms with E-state index >= 15 is 0 Å². The van der Waals surface area contributed by atoms with E-state index < -0.39 is 0 Å². The van der Waals surface area contributed by atoms with Gasteiger partial charge < -0.3 is 15.1 Å². The third-order valence-corrected chi connectivity index (χ3v) is 5.55. The van der Waals surface area contributed by atoms with E-state index in [1.165, 1.54) is 0 Å². The van der Waals surface area contributed by atoms with E-state index in [9.17, 15) is 4.79 Å². The fraction of sp³-hybridized carbons (Fsp3) is 0.429. The van der Waals surface area contributed by atoms with Crippen molar-refractivity contribution in [2.24, 2.45) is 0 Å². The van der Waals surface area contributed by atoms with Gasteiger partial charge >= 0.3 is 6.03 Å². The molecule has 2 amide bonds. The summed E-state index contributed by atoms with van der Waals surface area (Å²) in [5.41, 5.74) is 3.35. The molecule has 2 aromatic rings. The average molecular weight is 376 g/mol. The molecule has 7 nitrogen and oxygen atoms in total. The highest BCUT2D eigenvalue weighted by molar-refractivity contribution is 5.75. The Morgan fingerprint density at radius 1 is 1.39 bits per heavy atom. The van der Waals surface area contributed by atoms with Crippen molar-refractivity contribution in [2.75, 3.05) is 18.4 Å². The van der Waals surface area contributed by atoms with Crippen molar-refractivity contribution >= 4 is 17.7 Å². The third-order valence-electron chi connectivity index (χ3n) is 5.55. The number of hydrogen-bond donors (Lipinski definition) is 1. The summed E-state index contributed by atoms with van der Waals surface area (Å²) in [6.45, 7) is 4.25. The molecule has 1 unspecified atom stereocenters. The molecule has 0 saturated carbocycles. The molecule has 0 spiro atoms. The minimum absolute atomic E-state index is 0.144. The lowest BCUT2D eigenvalue weighted by Crippen LogP contribution is -2.47. The molecule has 2 aliphatic rings. The number of carbonyl (C=O) groups is 1. The van der Waals surface area contributed by atoms with E-state index in [0.29, 0.717) is 30.6 Å². The Bertz CT molecular complexity index is 921. The number of fused-ring (bicyclic) bond motifs is 1. The van der Waals surface area contributed by atoms with Gasteiger partial charge in [-0.3, -0.25) is 0 Å². The first-order valence-electron chi connectivity index (χ1n) is 9.85. The summed E-state index contributed by atoms with van der Waals surface area (Å²) in [7, 11) is 0. The van der Waals surface area contributed by atoms with E-state index in [0.717, 1.165) is 49.2 Å². The fourth-order valence-corrected chi connectivity index (χ4v) is 4.03. The van der Waals surface area contributed by atoms with Gasteiger partial charge in [0.05, 0.1) is 23.9 Å². The molecule has 0 radical (unpaired) electrons. The summed E-state index contributed by atoms with van der Waals surface area (Å²) in [6, 6.07) is 9.87. The zero-order chi connectivity index (χ0) is 19.5. The molecule has 7 heteroatoms. The predicted octanol–water partition coefficient (Wildman–Crippen LogP) is 3.44. The first-order valence-corrected chi connectivity index (χ1v) is 9.85. The van der Waals surface area contributed by atoms with Crippen LogP contribution >= 0.6 is 0 Å². The lowest BCUT2D eigenvalue weighted by Gasteiger charge is -2.34. The van der Waals surface area contributed by atoms with Crippen molar-refractivity contribution in [3.8, 4) is 6.07 Å². The van der Waals surface area contributed by atoms with Crippen molar-refractivity contribution in [3.05, 3.63) is 47.3 Å². The monoisotopic (exact) mass is 376 g/mol. The Balaban J connectivity index is 1.45. The summed E-state index contributed by atoms with van der Waals surface area (Å²) in [4.78, 5) is 25.9. The van der Waals surface area contributed by atoms with E-state index in [-0.39, 0.29) is 6.03 Å². The van der Waals surface area contributed by atoms with Crippen LogP contribution in [0.25, 0.3) is 0 Å². The van der Waals surface area contributed by atoms with Gasteiger partial charge in [-0.1, -0.05) is 13.0 Å². The number of anilines is 2. The number of nitriles is 1. The molecule has 28 heavy (non-hydrogen) atoms. The molecule has 1 saturated heterocycles. The lowest BCUT2D eigenvalue weighted by molar-refractivity contribution is 0.141. The number of rotatable bonds is 3. The number of carbonyl (C=O) groups excluding carboxylic acids is 1. The van der Waals surface area contributed by atoms with Gasteiger partial charge in [-0.15, -0.1) is 0 Å². The Morgan fingerprint density at radius 2 is 2.29 bits per heavy atom. The van der Waals surface area contributed by atoms with Crippen LogP contribution in [-0.4, -0.2) is 44.9 Å². The fourth-order valence-electron chi connectivity index (χ4n) is 4.03. The molecule has 0 aliphatic carbocycles. The highest BCUT2D eigenvalue weighted by atomic mass is 16.2. The second-order valence-corrected chi connectivity index (χ2v) is 7.33. The minimum atomic E-state index is 0.144. The zero-order valence-electron chi connectivity index (χ0n) is 16.1. The highest BCUT2D eigenvalue weighted by Crippen LogP contribution is 2.25. The number of benzene rings is 1. The van der Waals surface area contributed by atoms with Crippen molar-refractivity contribution in [1.29, 1.82) is 5.26 Å². The van der Waals surface area contributed by atoms with Crippen LogP contribution in [-0.2, 0) is 13.0 Å². The Morgan fingerprint density at radius 3 is 3.11 bits per heavy atom. The van der Waals surface area contributed by atoms with Crippen LogP contribution in [0, 0.1) is 11.3 Å². The number of hydrogen-bond acceptors (Lipinski definition) is 5. The number of urea groups is 1. The van der Waals surface area contributed by atoms with Gasteiger partial charge in [0, 0.05) is 43.0 Å². The number of aromatic nitrogens is 2. The van der Waals surface area contributed by atoms with Gasteiger partial charge in [0.25, 0.3) is 0 Å². The first kappa shape index (κ1) is 18.2. The van der Waals surface area contributed by atoms with Gasteiger partial charge in [-0.2, -0.15) is 5.26 Å². The number of nitrogens with zero attached hydrogens (tertiary/aromatic N) is 5. The highest BCUT2D eigenvalue weighted by Gasteiger charge is 2.32. The first-order chi connectivity index (χ1) is 13.7. The third kappa shape index (κ3) is 3.63. The van der Waals surface area contributed by atoms with Crippen LogP contribution in [0.1, 0.15) is 43.0 Å². The largest absolute Gasteiger partial charge is 0.324 e. The topological polar surface area (TPSA) is 85.2 Å². The van der Waals surface area contributed by atoms with Gasteiger partial charge in [-0.05, 0) is 37.5 Å². The van der Waals surface area contributed by atoms with Crippen LogP contribution < -0.4 is 5.32 Å². The molecule has 1 fully saturated rings. The second-order valence-electron chi connectivity index (χ2n) is 7.33. The summed E-state index contributed by atoms with van der Waals surface area (Å²) in [5.74, 6) is 0.513. The molecular weight excluding hydrogens is 352 g/mol. The van der Waals surface area contributed by atoms with Crippen LogP contribution in [0.3, 0.4) is 0 Å². The summed E-state index contributed by atoms with van der Waals surface area (Å²) in [5, 5.41) is 12.2. The Labute approximate surface area is 165 Å². The SMILES string of the molecule is CCC1CCCN1C(=O)N1CCc2nc(Nc3cccc(C#N)c3)ncc2C1. The quantitative estimate of drug-likeness (QED) is 0.887. The molecule has 1 aromatic heterocycles. The molecule has 1 atom stereocenters. The molecule has 144 valence electrons. The van der Waals surface area contributed by atoms with Crippen LogP contribution in [0.2, 0.25) is 0 Å². The maximum Gasteiger partial charge on any atom is 0.320 e. The molecule has 3 heterocycles. The van der Waals surface area contributed by atoms with Crippen molar-refractivity contribution in [3.63, 3.8) is 0 Å². The van der Waals surface area contributed by atoms with E-state index in [1.807, 2.05) is 21.9 Å². The normalized spacial score (nSPS) is 18.5. The van der Waals surface area contributed by atoms with Crippen LogP contribution in [0.15, 0.2) is 30.5 Å². The van der Waals surface area contributed by atoms with Gasteiger partial charge in [0.15, 0.2) is 0 Å². The molecular formula is C21H24N6O. The summed E-state index contributed by atoms with van der Waals surface area (Å²) >= 11 is 0. The molecule has 0 bridgehead atoms. The molecule has 4 rings (SSSR count). The molecule has 2 aliphatic heterocycles. The Kier molecular flexibility index (Phi) is 5.11. The second kappa shape index (κ2) is 7.85. The van der Waals surface area contributed by atoms with Gasteiger partial charge in [0.2, 0.25) is 5.95 Å². The van der Waals surface area contributed by atoms with Crippen molar-refractivity contribution in [1.82, 2.24) is 19.8 Å². The summed E-state index contributed by atoms with van der Waals surface area (Å²) < 4.78 is 0. The van der Waals surface area contributed by atoms with E-state index in [2.05, 4.69) is 28.3 Å². The van der Waals surface area contributed by atoms with Crippen LogP contribution in [0.4, 0.5) is 16.4 Å². The maximum atomic E-state index is 12.9. The standard InChI is InChI=1S/C21H24N6O/c1-2-18-7-4-9-27(18)21(28)26-10-8-19-16(14-26)13-23-20(25-19)24-17-6-3-5-15(11-17)12-22/h3,5-6,11,13,18H,2,4,7-10,14H2,1H3,(H,23,24,25). The number of likely N-dealkylation sites (tertiary alicyclic amines) is 1. The Hall–Kier alpha value is -3.14. The van der Waals surface area contributed by atoms with E-state index in [4.69, 9.17) is 5.26 Å². The lowest BCUT2D eigenvalue weighted by atomic mass is 10.1. The maximum absolute atomic E-state index is 12.9. The van der Waals surface area contributed by atoms with Crippen molar-refractivity contribution < 1.29 is 4.79 Å².